The largest absolute Gasteiger partial charge is 0.490 e. The van der Waals surface area contributed by atoms with E-state index >= 15 is 0 Å². The molecular formula is C11H19N2O16P3. The quantitative estimate of drug-likeness (QED) is 0.157. The first-order valence-electron chi connectivity index (χ1n) is 8.18. The zero-order valence-corrected chi connectivity index (χ0v) is 18.5. The van der Waals surface area contributed by atoms with Gasteiger partial charge in [-0.05, 0) is 0 Å². The first-order chi connectivity index (χ1) is 14.6. The Morgan fingerprint density at radius 3 is 2.25 bits per heavy atom. The normalized spacial score (nSPS) is 27.7. The molecule has 1 aromatic rings. The fourth-order valence-corrected chi connectivity index (χ4v) is 5.61. The summed E-state index contributed by atoms with van der Waals surface area (Å²) < 4.78 is 56.0. The molecule has 0 bridgehead atoms. The van der Waals surface area contributed by atoms with Crippen LogP contribution >= 0.6 is 23.5 Å². The minimum atomic E-state index is -5.75. The van der Waals surface area contributed by atoms with Crippen molar-refractivity contribution in [1.29, 1.82) is 0 Å². The molecule has 0 amide bonds. The van der Waals surface area contributed by atoms with Crippen LogP contribution < -0.4 is 11.2 Å². The molecule has 2 rings (SSSR count). The number of phosphoric acid groups is 3. The molecule has 0 radical (unpaired) electrons. The van der Waals surface area contributed by atoms with Crippen molar-refractivity contribution in [2.24, 2.45) is 0 Å². The summed E-state index contributed by atoms with van der Waals surface area (Å²) in [6.07, 6.45) is -5.72. The van der Waals surface area contributed by atoms with Gasteiger partial charge in [0.15, 0.2) is 0 Å². The maximum atomic E-state index is 12.1. The van der Waals surface area contributed by atoms with Crippen LogP contribution in [0.2, 0.25) is 0 Å². The molecule has 1 aromatic heterocycles. The second-order valence-corrected chi connectivity index (χ2v) is 10.6. The highest BCUT2D eigenvalue weighted by Gasteiger charge is 2.47. The summed E-state index contributed by atoms with van der Waals surface area (Å²) in [6.45, 7) is -1.34. The zero-order chi connectivity index (χ0) is 24.5. The van der Waals surface area contributed by atoms with Gasteiger partial charge in [-0.3, -0.25) is 18.9 Å². The van der Waals surface area contributed by atoms with E-state index in [1.807, 2.05) is 4.98 Å². The SMILES string of the molecule is COCn1cc(C2OC(COP(=O)(O)OP(=O)(O)OP(=O)(O)O)C(O)C2O)c(=O)[nH]c1=O. The molecule has 1 aliphatic heterocycles. The topological polar surface area (TPSA) is 274 Å². The third-order valence-corrected chi connectivity index (χ3v) is 7.60. The van der Waals surface area contributed by atoms with Crippen molar-refractivity contribution in [3.05, 3.63) is 32.6 Å². The third kappa shape index (κ3) is 7.21. The molecule has 6 atom stereocenters. The number of aliphatic hydroxyl groups excluding tert-OH is 2. The highest BCUT2D eigenvalue weighted by molar-refractivity contribution is 7.66. The molecule has 1 fully saturated rings. The van der Waals surface area contributed by atoms with Crippen LogP contribution in [-0.2, 0) is 43.0 Å². The van der Waals surface area contributed by atoms with Gasteiger partial charge < -0.3 is 39.3 Å². The van der Waals surface area contributed by atoms with E-state index in [1.54, 1.807) is 0 Å². The Morgan fingerprint density at radius 1 is 1.06 bits per heavy atom. The Morgan fingerprint density at radius 2 is 1.69 bits per heavy atom. The van der Waals surface area contributed by atoms with Gasteiger partial charge in [-0.15, -0.1) is 0 Å². The predicted molar refractivity (Wildman–Crippen MR) is 97.8 cm³/mol. The minimum absolute atomic E-state index is 0.274. The lowest BCUT2D eigenvalue weighted by atomic mass is 10.0. The molecule has 18 nitrogen and oxygen atoms in total. The van der Waals surface area contributed by atoms with Crippen LogP contribution in [0.4, 0.5) is 0 Å². The number of methoxy groups -OCH3 is 1. The van der Waals surface area contributed by atoms with E-state index < -0.39 is 65.7 Å². The Balaban J connectivity index is 2.13. The highest BCUT2D eigenvalue weighted by Crippen LogP contribution is 2.66. The van der Waals surface area contributed by atoms with E-state index in [1.165, 1.54) is 7.11 Å². The van der Waals surface area contributed by atoms with Crippen LogP contribution in [0.5, 0.6) is 0 Å². The van der Waals surface area contributed by atoms with E-state index in [2.05, 4.69) is 13.1 Å². The highest BCUT2D eigenvalue weighted by atomic mass is 31.3. The van der Waals surface area contributed by atoms with Gasteiger partial charge in [-0.2, -0.15) is 8.62 Å². The summed E-state index contributed by atoms with van der Waals surface area (Å²) >= 11 is 0. The summed E-state index contributed by atoms with van der Waals surface area (Å²) in [4.78, 5) is 61.2. The summed E-state index contributed by atoms with van der Waals surface area (Å²) in [6, 6.07) is 0. The first kappa shape index (κ1) is 27.2. The maximum absolute atomic E-state index is 12.1. The van der Waals surface area contributed by atoms with E-state index in [9.17, 15) is 38.4 Å². The molecule has 6 unspecified atom stereocenters. The Labute approximate surface area is 177 Å². The summed E-state index contributed by atoms with van der Waals surface area (Å²) in [5.41, 5.74) is -2.11. The van der Waals surface area contributed by atoms with Crippen LogP contribution in [-0.4, -0.2) is 71.4 Å². The molecule has 0 aromatic carbocycles. The van der Waals surface area contributed by atoms with Gasteiger partial charge >= 0.3 is 29.2 Å². The number of hydrogen-bond donors (Lipinski definition) is 7. The molecule has 1 saturated heterocycles. The monoisotopic (exact) mass is 528 g/mol. The van der Waals surface area contributed by atoms with E-state index in [0.29, 0.717) is 0 Å². The third-order valence-electron chi connectivity index (χ3n) is 3.79. The van der Waals surface area contributed by atoms with E-state index in [-0.39, 0.29) is 12.3 Å². The fraction of sp³-hybridized carbons (Fsp3) is 0.636. The number of aromatic amines is 1. The molecule has 0 saturated carbocycles. The number of phosphoric ester groups is 1. The average molecular weight is 528 g/mol. The number of H-pyrrole nitrogens is 1. The number of hydrogen-bond acceptors (Lipinski definition) is 12. The van der Waals surface area contributed by atoms with Gasteiger partial charge in [-0.1, -0.05) is 0 Å². The summed E-state index contributed by atoms with van der Waals surface area (Å²) in [5.74, 6) is 0. The second kappa shape index (κ2) is 10.0. The van der Waals surface area contributed by atoms with Gasteiger partial charge in [0, 0.05) is 13.3 Å². The van der Waals surface area contributed by atoms with Crippen molar-refractivity contribution < 1.29 is 66.1 Å². The summed E-state index contributed by atoms with van der Waals surface area (Å²) in [7, 11) is -15.6. The Bertz CT molecular complexity index is 1080. The number of ether oxygens (including phenoxy) is 2. The molecule has 2 heterocycles. The fourth-order valence-electron chi connectivity index (χ4n) is 2.58. The molecule has 7 N–H and O–H groups in total. The molecule has 0 aliphatic carbocycles. The standard InChI is InChI=1S/C11H19N2O16P3/c1-25-4-13-2-5(10(16)12-11(13)17)9-8(15)7(14)6(27-9)3-26-31(21,22)29-32(23,24)28-30(18,19)20/h2,6-9,14-15H,3-4H2,1H3,(H,21,22)(H,23,24)(H,12,16,17)(H2,18,19,20). The van der Waals surface area contributed by atoms with Crippen LogP contribution in [0, 0.1) is 0 Å². The van der Waals surface area contributed by atoms with Gasteiger partial charge in [0.05, 0.1) is 12.2 Å². The van der Waals surface area contributed by atoms with Crippen molar-refractivity contribution in [2.75, 3.05) is 13.7 Å². The molecule has 21 heteroatoms. The smallest absolute Gasteiger partial charge is 0.387 e. The lowest BCUT2D eigenvalue weighted by Gasteiger charge is -2.19. The second-order valence-electron chi connectivity index (χ2n) is 6.19. The number of aliphatic hydroxyl groups is 2. The van der Waals surface area contributed by atoms with E-state index in [4.69, 9.17) is 24.2 Å². The molecule has 32 heavy (non-hydrogen) atoms. The van der Waals surface area contributed by atoms with Crippen molar-refractivity contribution in [3.8, 4) is 0 Å². The Hall–Kier alpha value is -1.07. The lowest BCUT2D eigenvalue weighted by Crippen LogP contribution is -2.36. The summed E-state index contributed by atoms with van der Waals surface area (Å²) in [5, 5.41) is 20.3. The van der Waals surface area contributed by atoms with E-state index in [0.717, 1.165) is 10.8 Å². The van der Waals surface area contributed by atoms with Crippen LogP contribution in [0.1, 0.15) is 11.7 Å². The van der Waals surface area contributed by atoms with Crippen molar-refractivity contribution >= 4 is 23.5 Å². The van der Waals surface area contributed by atoms with Crippen LogP contribution in [0.15, 0.2) is 15.8 Å². The predicted octanol–water partition coefficient (Wildman–Crippen LogP) is -2.35. The lowest BCUT2D eigenvalue weighted by molar-refractivity contribution is -0.0230. The van der Waals surface area contributed by atoms with Crippen molar-refractivity contribution in [2.45, 2.75) is 31.1 Å². The van der Waals surface area contributed by atoms with Crippen LogP contribution in [0.3, 0.4) is 0 Å². The van der Waals surface area contributed by atoms with Gasteiger partial charge in [0.2, 0.25) is 0 Å². The van der Waals surface area contributed by atoms with Crippen molar-refractivity contribution in [1.82, 2.24) is 9.55 Å². The molecule has 184 valence electrons. The van der Waals surface area contributed by atoms with Gasteiger partial charge in [-0.25, -0.2) is 18.5 Å². The van der Waals surface area contributed by atoms with Gasteiger partial charge in [0.1, 0.15) is 31.1 Å². The van der Waals surface area contributed by atoms with Crippen molar-refractivity contribution in [3.63, 3.8) is 0 Å². The van der Waals surface area contributed by atoms with Gasteiger partial charge in [0.25, 0.3) is 5.56 Å². The molecule has 1 aliphatic rings. The average Bonchev–Trinajstić information content (AvgIpc) is 2.87. The minimum Gasteiger partial charge on any atom is -0.387 e. The number of nitrogens with zero attached hydrogens (tertiary/aromatic N) is 1. The number of aromatic nitrogens is 2. The first-order valence-corrected chi connectivity index (χ1v) is 12.7. The number of rotatable bonds is 10. The maximum Gasteiger partial charge on any atom is 0.490 e. The molecule has 0 spiro atoms. The number of nitrogens with one attached hydrogen (secondary N) is 1. The zero-order valence-electron chi connectivity index (χ0n) is 15.9. The Kier molecular flexibility index (Phi) is 8.53. The molecular weight excluding hydrogens is 509 g/mol. The van der Waals surface area contributed by atoms with Crippen LogP contribution in [0.25, 0.3) is 0 Å².